The number of ether oxygens (including phenoxy) is 1. The van der Waals surface area contributed by atoms with Gasteiger partial charge < -0.3 is 10.5 Å². The van der Waals surface area contributed by atoms with Crippen LogP contribution in [0.25, 0.3) is 0 Å². The van der Waals surface area contributed by atoms with Crippen LogP contribution in [0.4, 0.5) is 0 Å². The van der Waals surface area contributed by atoms with Gasteiger partial charge in [0.2, 0.25) is 0 Å². The second-order valence-corrected chi connectivity index (χ2v) is 6.37. The fourth-order valence-electron chi connectivity index (χ4n) is 1.51. The van der Waals surface area contributed by atoms with E-state index in [4.69, 9.17) is 10.5 Å². The molecule has 0 radical (unpaired) electrons. The Morgan fingerprint density at radius 1 is 1.57 bits per heavy atom. The smallest absolute Gasteiger partial charge is 0.155 e. The van der Waals surface area contributed by atoms with Gasteiger partial charge in [0.25, 0.3) is 0 Å². The van der Waals surface area contributed by atoms with Crippen LogP contribution in [0.3, 0.4) is 0 Å². The molecule has 0 aromatic heterocycles. The molecule has 1 aliphatic rings. The van der Waals surface area contributed by atoms with Crippen molar-refractivity contribution in [1.82, 2.24) is 0 Å². The summed E-state index contributed by atoms with van der Waals surface area (Å²) < 4.78 is 28.7. The summed E-state index contributed by atoms with van der Waals surface area (Å²) in [5.41, 5.74) is 5.53. The average molecular weight is 221 g/mol. The molecule has 2 N–H and O–H groups in total. The number of hydrogen-bond acceptors (Lipinski definition) is 4. The molecule has 2 atom stereocenters. The summed E-state index contributed by atoms with van der Waals surface area (Å²) >= 11 is 0. The van der Waals surface area contributed by atoms with E-state index in [1.54, 1.807) is 0 Å². The first-order chi connectivity index (χ1) is 6.52. The van der Waals surface area contributed by atoms with Crippen LogP contribution in [0.15, 0.2) is 0 Å². The minimum atomic E-state index is -2.98. The predicted octanol–water partition coefficient (Wildman–Crippen LogP) is 0.317. The van der Waals surface area contributed by atoms with E-state index in [-0.39, 0.29) is 17.0 Å². The molecule has 0 aromatic rings. The highest BCUT2D eigenvalue weighted by atomic mass is 32.2. The quantitative estimate of drug-likeness (QED) is 0.742. The number of rotatable bonds is 4. The summed E-state index contributed by atoms with van der Waals surface area (Å²) in [6, 6.07) is -0.0470. The molecule has 1 fully saturated rings. The zero-order chi connectivity index (χ0) is 10.6. The molecule has 1 heterocycles. The predicted molar refractivity (Wildman–Crippen MR) is 55.9 cm³/mol. The van der Waals surface area contributed by atoms with E-state index in [1.807, 2.05) is 6.92 Å². The van der Waals surface area contributed by atoms with E-state index in [0.29, 0.717) is 19.6 Å². The Balaban J connectivity index is 2.46. The van der Waals surface area contributed by atoms with Crippen molar-refractivity contribution in [3.8, 4) is 0 Å². The molecule has 0 bridgehead atoms. The van der Waals surface area contributed by atoms with Gasteiger partial charge in [0.05, 0.1) is 17.6 Å². The minimum absolute atomic E-state index is 0.0470. The Hall–Kier alpha value is -0.130. The van der Waals surface area contributed by atoms with Gasteiger partial charge in [0.15, 0.2) is 9.84 Å². The van der Waals surface area contributed by atoms with E-state index in [0.717, 1.165) is 12.8 Å². The fraction of sp³-hybridized carbons (Fsp3) is 1.00. The van der Waals surface area contributed by atoms with Crippen LogP contribution in [0.2, 0.25) is 0 Å². The average Bonchev–Trinajstić information content (AvgIpc) is 2.16. The lowest BCUT2D eigenvalue weighted by Gasteiger charge is -2.22. The highest BCUT2D eigenvalue weighted by Gasteiger charge is 2.27. The Bertz CT molecular complexity index is 255. The topological polar surface area (TPSA) is 69.4 Å². The molecule has 5 heteroatoms. The van der Waals surface area contributed by atoms with E-state index >= 15 is 0 Å². The second kappa shape index (κ2) is 5.09. The molecule has 1 saturated heterocycles. The first-order valence-corrected chi connectivity index (χ1v) is 6.79. The van der Waals surface area contributed by atoms with Crippen molar-refractivity contribution < 1.29 is 13.2 Å². The van der Waals surface area contributed by atoms with E-state index in [9.17, 15) is 8.42 Å². The molecule has 84 valence electrons. The van der Waals surface area contributed by atoms with Gasteiger partial charge in [-0.3, -0.25) is 0 Å². The summed E-state index contributed by atoms with van der Waals surface area (Å²) in [7, 11) is -2.98. The Kier molecular flexibility index (Phi) is 4.34. The molecule has 2 unspecified atom stereocenters. The van der Waals surface area contributed by atoms with Crippen LogP contribution in [0, 0.1) is 0 Å². The van der Waals surface area contributed by atoms with Gasteiger partial charge in [-0.25, -0.2) is 8.42 Å². The van der Waals surface area contributed by atoms with Gasteiger partial charge in [-0.2, -0.15) is 0 Å². The monoisotopic (exact) mass is 221 g/mol. The largest absolute Gasteiger partial charge is 0.380 e. The first-order valence-electron chi connectivity index (χ1n) is 5.07. The SMILES string of the molecule is CC(N)CCS(=O)(=O)C1CCCOC1. The summed E-state index contributed by atoms with van der Waals surface area (Å²) in [6.45, 7) is 2.88. The third kappa shape index (κ3) is 3.55. The lowest BCUT2D eigenvalue weighted by molar-refractivity contribution is 0.0991. The minimum Gasteiger partial charge on any atom is -0.380 e. The zero-order valence-corrected chi connectivity index (χ0v) is 9.42. The zero-order valence-electron chi connectivity index (χ0n) is 8.61. The van der Waals surface area contributed by atoms with Gasteiger partial charge >= 0.3 is 0 Å². The van der Waals surface area contributed by atoms with Crippen molar-refractivity contribution in [2.45, 2.75) is 37.5 Å². The molecule has 0 aromatic carbocycles. The van der Waals surface area contributed by atoms with Crippen LogP contribution >= 0.6 is 0 Å². The van der Waals surface area contributed by atoms with Gasteiger partial charge in [-0.15, -0.1) is 0 Å². The molecule has 0 spiro atoms. The van der Waals surface area contributed by atoms with Crippen LogP contribution in [0.5, 0.6) is 0 Å². The lowest BCUT2D eigenvalue weighted by Crippen LogP contribution is -2.34. The first kappa shape index (κ1) is 11.9. The van der Waals surface area contributed by atoms with Crippen molar-refractivity contribution in [2.75, 3.05) is 19.0 Å². The molecule has 0 amide bonds. The third-order valence-electron chi connectivity index (χ3n) is 2.48. The van der Waals surface area contributed by atoms with Crippen molar-refractivity contribution >= 4 is 9.84 Å². The van der Waals surface area contributed by atoms with E-state index in [1.165, 1.54) is 0 Å². The number of sulfone groups is 1. The van der Waals surface area contributed by atoms with Crippen LogP contribution in [0.1, 0.15) is 26.2 Å². The molecule has 0 saturated carbocycles. The maximum atomic E-state index is 11.8. The molecule has 4 nitrogen and oxygen atoms in total. The van der Waals surface area contributed by atoms with Crippen molar-refractivity contribution in [2.24, 2.45) is 5.73 Å². The highest BCUT2D eigenvalue weighted by molar-refractivity contribution is 7.92. The molecule has 1 rings (SSSR count). The standard InChI is InChI=1S/C9H19NO3S/c1-8(10)4-6-14(11,12)9-3-2-5-13-7-9/h8-9H,2-7,10H2,1H3. The van der Waals surface area contributed by atoms with Crippen molar-refractivity contribution in [1.29, 1.82) is 0 Å². The second-order valence-electron chi connectivity index (χ2n) is 3.97. The van der Waals surface area contributed by atoms with Crippen LogP contribution in [-0.4, -0.2) is 38.7 Å². The summed E-state index contributed by atoms with van der Waals surface area (Å²) in [6.07, 6.45) is 2.13. The molecular formula is C9H19NO3S. The van der Waals surface area contributed by atoms with Crippen LogP contribution < -0.4 is 5.73 Å². The van der Waals surface area contributed by atoms with E-state index < -0.39 is 9.84 Å². The van der Waals surface area contributed by atoms with Gasteiger partial charge in [-0.05, 0) is 26.2 Å². The summed E-state index contributed by atoms with van der Waals surface area (Å²) in [5, 5.41) is -0.296. The van der Waals surface area contributed by atoms with E-state index in [2.05, 4.69) is 0 Å². The van der Waals surface area contributed by atoms with Gasteiger partial charge in [-0.1, -0.05) is 0 Å². The van der Waals surface area contributed by atoms with Crippen molar-refractivity contribution in [3.63, 3.8) is 0 Å². The number of hydrogen-bond donors (Lipinski definition) is 1. The number of nitrogens with two attached hydrogens (primary N) is 1. The normalized spacial score (nSPS) is 26.0. The van der Waals surface area contributed by atoms with Crippen molar-refractivity contribution in [3.05, 3.63) is 0 Å². The molecule has 1 aliphatic heterocycles. The Morgan fingerprint density at radius 2 is 2.29 bits per heavy atom. The van der Waals surface area contributed by atoms with Crippen LogP contribution in [-0.2, 0) is 14.6 Å². The highest BCUT2D eigenvalue weighted by Crippen LogP contribution is 2.16. The maximum absolute atomic E-state index is 11.8. The molecule has 14 heavy (non-hydrogen) atoms. The summed E-state index contributed by atoms with van der Waals surface area (Å²) in [4.78, 5) is 0. The Morgan fingerprint density at radius 3 is 2.79 bits per heavy atom. The third-order valence-corrected chi connectivity index (χ3v) is 4.68. The summed E-state index contributed by atoms with van der Waals surface area (Å²) in [5.74, 6) is 0.193. The molecule has 0 aliphatic carbocycles. The fourth-order valence-corrected chi connectivity index (χ4v) is 3.37. The maximum Gasteiger partial charge on any atom is 0.155 e. The molecular weight excluding hydrogens is 202 g/mol. The van der Waals surface area contributed by atoms with Gasteiger partial charge in [0, 0.05) is 12.6 Å². The Labute approximate surface area is 85.7 Å². The van der Waals surface area contributed by atoms with Gasteiger partial charge in [0.1, 0.15) is 0 Å². The lowest BCUT2D eigenvalue weighted by atomic mass is 10.2.